The second kappa shape index (κ2) is 8.79. The Morgan fingerprint density at radius 1 is 1.03 bits per heavy atom. The number of hydrogen-bond acceptors (Lipinski definition) is 5. The smallest absolute Gasteiger partial charge is 0.339 e. The molecule has 2 heterocycles. The van der Waals surface area contributed by atoms with Crippen LogP contribution in [-0.4, -0.2) is 33.2 Å². The Kier molecular flexibility index (Phi) is 5.75. The Morgan fingerprint density at radius 2 is 1.77 bits per heavy atom. The molecule has 0 aliphatic rings. The lowest BCUT2D eigenvalue weighted by molar-refractivity contribution is -0.119. The summed E-state index contributed by atoms with van der Waals surface area (Å²) in [6.07, 6.45) is 1.61. The van der Waals surface area contributed by atoms with Gasteiger partial charge in [0.1, 0.15) is 5.82 Å². The van der Waals surface area contributed by atoms with Crippen LogP contribution in [0.1, 0.15) is 30.2 Å². The number of ether oxygens (including phenoxy) is 1. The van der Waals surface area contributed by atoms with Gasteiger partial charge in [0.2, 0.25) is 0 Å². The molecule has 156 valence electrons. The number of pyridine rings is 1. The van der Waals surface area contributed by atoms with Gasteiger partial charge in [0.15, 0.2) is 6.61 Å². The molecule has 31 heavy (non-hydrogen) atoms. The van der Waals surface area contributed by atoms with Gasteiger partial charge in [-0.3, -0.25) is 4.79 Å². The Hall–Kier alpha value is -4.00. The van der Waals surface area contributed by atoms with E-state index in [9.17, 15) is 9.59 Å². The largest absolute Gasteiger partial charge is 0.452 e. The molecule has 0 fully saturated rings. The van der Waals surface area contributed by atoms with E-state index in [1.54, 1.807) is 23.0 Å². The van der Waals surface area contributed by atoms with Crippen molar-refractivity contribution in [2.45, 2.75) is 19.9 Å². The summed E-state index contributed by atoms with van der Waals surface area (Å²) in [5.74, 6) is -0.461. The summed E-state index contributed by atoms with van der Waals surface area (Å²) in [4.78, 5) is 29.9. The lowest BCUT2D eigenvalue weighted by Crippen LogP contribution is -2.23. The molecule has 0 radical (unpaired) electrons. The zero-order valence-corrected chi connectivity index (χ0v) is 17.3. The highest BCUT2D eigenvalue weighted by Crippen LogP contribution is 2.25. The number of para-hydroxylation sites is 1. The van der Waals surface area contributed by atoms with Gasteiger partial charge in [0.25, 0.3) is 5.91 Å². The van der Waals surface area contributed by atoms with Crippen LogP contribution >= 0.6 is 0 Å². The Balaban J connectivity index is 1.54. The first-order chi connectivity index (χ1) is 15.0. The summed E-state index contributed by atoms with van der Waals surface area (Å²) in [6.45, 7) is 3.52. The van der Waals surface area contributed by atoms with E-state index >= 15 is 0 Å². The van der Waals surface area contributed by atoms with E-state index in [1.807, 2.05) is 68.4 Å². The zero-order valence-electron chi connectivity index (χ0n) is 17.3. The first kappa shape index (κ1) is 20.3. The number of amides is 1. The standard InChI is InChI=1S/C24H22N4O3/c1-16(2)28-22(12-13-25-28)27-23(29)15-31-24(30)19-14-21(17-8-4-3-5-9-17)26-20-11-7-6-10-18(19)20/h3-14,16H,15H2,1-2H3,(H,27,29). The fourth-order valence-electron chi connectivity index (χ4n) is 3.31. The van der Waals surface area contributed by atoms with E-state index in [0.717, 1.165) is 5.56 Å². The quantitative estimate of drug-likeness (QED) is 0.470. The monoisotopic (exact) mass is 414 g/mol. The second-order valence-corrected chi connectivity index (χ2v) is 7.32. The maximum atomic E-state index is 12.9. The number of carbonyl (C=O) groups is 2. The molecule has 1 amide bonds. The number of carbonyl (C=O) groups excluding carboxylic acids is 2. The molecule has 7 nitrogen and oxygen atoms in total. The molecule has 2 aromatic carbocycles. The highest BCUT2D eigenvalue weighted by molar-refractivity contribution is 6.05. The number of rotatable bonds is 6. The van der Waals surface area contributed by atoms with E-state index in [1.165, 1.54) is 0 Å². The average Bonchev–Trinajstić information content (AvgIpc) is 3.25. The SMILES string of the molecule is CC(C)n1nccc1NC(=O)COC(=O)c1cc(-c2ccccc2)nc2ccccc12. The highest BCUT2D eigenvalue weighted by atomic mass is 16.5. The number of anilines is 1. The summed E-state index contributed by atoms with van der Waals surface area (Å²) in [6, 6.07) is 20.5. The maximum absolute atomic E-state index is 12.9. The number of benzene rings is 2. The zero-order chi connectivity index (χ0) is 21.8. The maximum Gasteiger partial charge on any atom is 0.339 e. The molecule has 0 atom stereocenters. The highest BCUT2D eigenvalue weighted by Gasteiger charge is 2.17. The third-order valence-corrected chi connectivity index (χ3v) is 4.77. The second-order valence-electron chi connectivity index (χ2n) is 7.32. The predicted molar refractivity (Wildman–Crippen MR) is 119 cm³/mol. The van der Waals surface area contributed by atoms with Crippen LogP contribution in [0.4, 0.5) is 5.82 Å². The first-order valence-corrected chi connectivity index (χ1v) is 9.98. The van der Waals surface area contributed by atoms with Crippen LogP contribution in [0.15, 0.2) is 72.9 Å². The number of aromatic nitrogens is 3. The molecule has 0 saturated heterocycles. The van der Waals surface area contributed by atoms with Crippen molar-refractivity contribution >= 4 is 28.6 Å². The Bertz CT molecular complexity index is 1230. The van der Waals surface area contributed by atoms with E-state index in [2.05, 4.69) is 15.4 Å². The number of esters is 1. The summed E-state index contributed by atoms with van der Waals surface area (Å²) in [5.41, 5.74) is 2.60. The normalized spacial score (nSPS) is 10.9. The Morgan fingerprint density at radius 3 is 2.55 bits per heavy atom. The molecule has 1 N–H and O–H groups in total. The van der Waals surface area contributed by atoms with E-state index in [0.29, 0.717) is 28.0 Å². The molecule has 0 spiro atoms. The van der Waals surface area contributed by atoms with Gasteiger partial charge in [-0.05, 0) is 26.0 Å². The van der Waals surface area contributed by atoms with Crippen molar-refractivity contribution in [2.75, 3.05) is 11.9 Å². The van der Waals surface area contributed by atoms with Crippen LogP contribution in [0, 0.1) is 0 Å². The van der Waals surface area contributed by atoms with Crippen LogP contribution in [0.3, 0.4) is 0 Å². The van der Waals surface area contributed by atoms with Crippen molar-refractivity contribution in [1.82, 2.24) is 14.8 Å². The van der Waals surface area contributed by atoms with Crippen molar-refractivity contribution in [2.24, 2.45) is 0 Å². The van der Waals surface area contributed by atoms with E-state index < -0.39 is 18.5 Å². The lowest BCUT2D eigenvalue weighted by Gasteiger charge is -2.12. The van der Waals surface area contributed by atoms with Gasteiger partial charge in [0.05, 0.1) is 23.0 Å². The van der Waals surface area contributed by atoms with Crippen LogP contribution < -0.4 is 5.32 Å². The van der Waals surface area contributed by atoms with E-state index in [-0.39, 0.29) is 6.04 Å². The van der Waals surface area contributed by atoms with Gasteiger partial charge in [0, 0.05) is 23.1 Å². The molecule has 0 aliphatic carbocycles. The van der Waals surface area contributed by atoms with Gasteiger partial charge < -0.3 is 10.1 Å². The van der Waals surface area contributed by atoms with Crippen LogP contribution in [0.2, 0.25) is 0 Å². The van der Waals surface area contributed by atoms with Crippen molar-refractivity contribution in [3.63, 3.8) is 0 Å². The summed E-state index contributed by atoms with van der Waals surface area (Å²) in [7, 11) is 0. The molecule has 0 unspecified atom stereocenters. The molecule has 7 heteroatoms. The fraction of sp³-hybridized carbons (Fsp3) is 0.167. The van der Waals surface area contributed by atoms with Crippen LogP contribution in [0.25, 0.3) is 22.2 Å². The number of nitrogens with one attached hydrogen (secondary N) is 1. The van der Waals surface area contributed by atoms with Crippen molar-refractivity contribution < 1.29 is 14.3 Å². The topological polar surface area (TPSA) is 86.1 Å². The molecule has 0 aliphatic heterocycles. The minimum absolute atomic E-state index is 0.0902. The van der Waals surface area contributed by atoms with E-state index in [4.69, 9.17) is 4.74 Å². The fourth-order valence-corrected chi connectivity index (χ4v) is 3.31. The number of nitrogens with zero attached hydrogens (tertiary/aromatic N) is 3. The lowest BCUT2D eigenvalue weighted by atomic mass is 10.0. The molecule has 4 rings (SSSR count). The Labute approximate surface area is 179 Å². The summed E-state index contributed by atoms with van der Waals surface area (Å²) in [5, 5.41) is 7.57. The van der Waals surface area contributed by atoms with Gasteiger partial charge in [-0.15, -0.1) is 0 Å². The molecular formula is C24H22N4O3. The van der Waals surface area contributed by atoms with Gasteiger partial charge in [-0.25, -0.2) is 14.5 Å². The minimum atomic E-state index is -0.580. The average molecular weight is 414 g/mol. The van der Waals surface area contributed by atoms with Gasteiger partial charge >= 0.3 is 5.97 Å². The van der Waals surface area contributed by atoms with Gasteiger partial charge in [-0.2, -0.15) is 5.10 Å². The predicted octanol–water partition coefficient (Wildman–Crippen LogP) is 4.47. The summed E-state index contributed by atoms with van der Waals surface area (Å²) >= 11 is 0. The number of hydrogen-bond donors (Lipinski definition) is 1. The van der Waals surface area contributed by atoms with Crippen molar-refractivity contribution in [1.29, 1.82) is 0 Å². The molecule has 0 bridgehead atoms. The molecule has 2 aromatic heterocycles. The third kappa shape index (κ3) is 4.45. The van der Waals surface area contributed by atoms with Crippen LogP contribution in [-0.2, 0) is 9.53 Å². The molecule has 4 aromatic rings. The van der Waals surface area contributed by atoms with Gasteiger partial charge in [-0.1, -0.05) is 48.5 Å². The first-order valence-electron chi connectivity index (χ1n) is 9.98. The van der Waals surface area contributed by atoms with Crippen molar-refractivity contribution in [3.8, 4) is 11.3 Å². The van der Waals surface area contributed by atoms with Crippen molar-refractivity contribution in [3.05, 3.63) is 78.5 Å². The third-order valence-electron chi connectivity index (χ3n) is 4.77. The molecular weight excluding hydrogens is 392 g/mol. The van der Waals surface area contributed by atoms with Crippen LogP contribution in [0.5, 0.6) is 0 Å². The minimum Gasteiger partial charge on any atom is -0.452 e. The number of fused-ring (bicyclic) bond motifs is 1. The molecule has 0 saturated carbocycles. The summed E-state index contributed by atoms with van der Waals surface area (Å²) < 4.78 is 7.01.